The van der Waals surface area contributed by atoms with E-state index in [0.29, 0.717) is 17.0 Å². The molecule has 2 N–H and O–H groups in total. The summed E-state index contributed by atoms with van der Waals surface area (Å²) >= 11 is 9.08. The third-order valence-corrected chi connectivity index (χ3v) is 7.19. The van der Waals surface area contributed by atoms with Crippen LogP contribution in [0, 0.1) is 26.2 Å². The highest BCUT2D eigenvalue weighted by molar-refractivity contribution is 14.1. The highest BCUT2D eigenvalue weighted by atomic mass is 127. The molecule has 0 spiro atoms. The van der Waals surface area contributed by atoms with Crippen molar-refractivity contribution in [2.75, 3.05) is 5.32 Å². The Morgan fingerprint density at radius 1 is 1.39 bits per heavy atom. The van der Waals surface area contributed by atoms with Crippen molar-refractivity contribution in [2.24, 2.45) is 11.3 Å². The number of hydrogen-bond donors (Lipinski definition) is 2. The number of rotatable bonds is 2. The predicted molar refractivity (Wildman–Crippen MR) is 127 cm³/mol. The van der Waals surface area contributed by atoms with Gasteiger partial charge in [0.25, 0.3) is 5.91 Å². The zero-order valence-corrected chi connectivity index (χ0v) is 19.8. The maximum absolute atomic E-state index is 12.4. The summed E-state index contributed by atoms with van der Waals surface area (Å²) in [6, 6.07) is 9.64. The summed E-state index contributed by atoms with van der Waals surface area (Å²) in [6.45, 7) is 6.82. The molecule has 0 bridgehead atoms. The molecule has 7 heteroatoms. The van der Waals surface area contributed by atoms with Crippen molar-refractivity contribution in [1.29, 1.82) is 5.26 Å². The molecule has 0 aliphatic heterocycles. The van der Waals surface area contributed by atoms with Crippen molar-refractivity contribution < 1.29 is 4.79 Å². The number of carbonyl (C=O) groups excluding carboxylic acids is 1. The molecule has 1 aromatic heterocycles. The van der Waals surface area contributed by atoms with Gasteiger partial charge in [0.15, 0.2) is 5.11 Å². The van der Waals surface area contributed by atoms with Gasteiger partial charge >= 0.3 is 0 Å². The lowest BCUT2D eigenvalue weighted by Crippen LogP contribution is -2.34. The monoisotopic (exact) mass is 523 g/mol. The number of halogens is 1. The lowest BCUT2D eigenvalue weighted by molar-refractivity contribution is 0.0977. The molecule has 1 heterocycles. The minimum absolute atomic E-state index is 0.214. The van der Waals surface area contributed by atoms with Crippen LogP contribution in [0.2, 0.25) is 0 Å². The number of amides is 1. The van der Waals surface area contributed by atoms with E-state index in [9.17, 15) is 10.1 Å². The number of fused-ring (bicyclic) bond motifs is 1. The molecule has 0 fully saturated rings. The lowest BCUT2D eigenvalue weighted by atomic mass is 9.72. The Bertz CT molecular complexity index is 969. The molecule has 1 aliphatic rings. The van der Waals surface area contributed by atoms with Crippen LogP contribution in [0.4, 0.5) is 5.00 Å². The summed E-state index contributed by atoms with van der Waals surface area (Å²) < 4.78 is 0.982. The third kappa shape index (κ3) is 4.73. The highest BCUT2D eigenvalue weighted by Gasteiger charge is 2.32. The van der Waals surface area contributed by atoms with E-state index in [1.54, 1.807) is 23.5 Å². The molecule has 2 aromatic rings. The van der Waals surface area contributed by atoms with Gasteiger partial charge < -0.3 is 5.32 Å². The van der Waals surface area contributed by atoms with Crippen LogP contribution in [-0.2, 0) is 12.8 Å². The van der Waals surface area contributed by atoms with E-state index in [-0.39, 0.29) is 16.4 Å². The van der Waals surface area contributed by atoms with Gasteiger partial charge in [-0.3, -0.25) is 10.1 Å². The van der Waals surface area contributed by atoms with Crippen LogP contribution in [0.1, 0.15) is 53.6 Å². The van der Waals surface area contributed by atoms with E-state index >= 15 is 0 Å². The van der Waals surface area contributed by atoms with Gasteiger partial charge in [-0.1, -0.05) is 26.8 Å². The van der Waals surface area contributed by atoms with Gasteiger partial charge in [0.1, 0.15) is 11.1 Å². The largest absolute Gasteiger partial charge is 0.323 e. The Kier molecular flexibility index (Phi) is 6.42. The second-order valence-electron chi connectivity index (χ2n) is 8.04. The van der Waals surface area contributed by atoms with Gasteiger partial charge in [-0.05, 0) is 89.2 Å². The number of anilines is 1. The Hall–Kier alpha value is -1.50. The topological polar surface area (TPSA) is 64.9 Å². The fourth-order valence-corrected chi connectivity index (χ4v) is 5.56. The number of hydrogen-bond acceptors (Lipinski definition) is 4. The summed E-state index contributed by atoms with van der Waals surface area (Å²) in [5.41, 5.74) is 2.61. The van der Waals surface area contributed by atoms with Gasteiger partial charge in [0, 0.05) is 14.0 Å². The Labute approximate surface area is 188 Å². The molecule has 146 valence electrons. The molecule has 1 aromatic carbocycles. The predicted octanol–water partition coefficient (Wildman–Crippen LogP) is 5.50. The summed E-state index contributed by atoms with van der Waals surface area (Å²) in [5.74, 6) is 0.342. The number of benzene rings is 1. The van der Waals surface area contributed by atoms with Crippen molar-refractivity contribution in [3.63, 3.8) is 0 Å². The first-order valence-electron chi connectivity index (χ1n) is 9.11. The first-order chi connectivity index (χ1) is 13.2. The van der Waals surface area contributed by atoms with E-state index in [1.807, 2.05) is 12.1 Å². The van der Waals surface area contributed by atoms with Crippen LogP contribution in [0.5, 0.6) is 0 Å². The molecule has 0 radical (unpaired) electrons. The molecule has 0 unspecified atom stereocenters. The maximum Gasteiger partial charge on any atom is 0.257 e. The van der Waals surface area contributed by atoms with Crippen LogP contribution in [0.3, 0.4) is 0 Å². The zero-order chi connectivity index (χ0) is 20.5. The molecule has 3 rings (SSSR count). The Morgan fingerprint density at radius 3 is 2.79 bits per heavy atom. The number of nitrogens with zero attached hydrogens (tertiary/aromatic N) is 1. The lowest BCUT2D eigenvalue weighted by Gasteiger charge is -2.33. The molecule has 4 nitrogen and oxygen atoms in total. The molecule has 28 heavy (non-hydrogen) atoms. The highest BCUT2D eigenvalue weighted by Crippen LogP contribution is 2.43. The number of thiophene rings is 1. The smallest absolute Gasteiger partial charge is 0.257 e. The van der Waals surface area contributed by atoms with Crippen LogP contribution < -0.4 is 10.6 Å². The van der Waals surface area contributed by atoms with Crippen LogP contribution in [-0.4, -0.2) is 11.0 Å². The summed E-state index contributed by atoms with van der Waals surface area (Å²) in [7, 11) is 0. The summed E-state index contributed by atoms with van der Waals surface area (Å²) in [5, 5.41) is 16.4. The van der Waals surface area contributed by atoms with Crippen LogP contribution in [0.15, 0.2) is 24.3 Å². The van der Waals surface area contributed by atoms with Crippen LogP contribution in [0.25, 0.3) is 0 Å². The quantitative estimate of drug-likeness (QED) is 0.403. The standard InChI is InChI=1S/C21H22IN3OS2/c1-21(2,3)13-7-8-15-16(11-23)19(28-17(15)10-13)25-20(27)24-18(26)12-5-4-6-14(22)9-12/h4-6,9,13H,7-8,10H2,1-3H3,(H2,24,25,26,27)/t13-/m1/s1. The minimum Gasteiger partial charge on any atom is -0.323 e. The molecule has 1 amide bonds. The van der Waals surface area contributed by atoms with Gasteiger partial charge in [-0.25, -0.2) is 0 Å². The fourth-order valence-electron chi connectivity index (χ4n) is 3.47. The van der Waals surface area contributed by atoms with E-state index in [4.69, 9.17) is 12.2 Å². The van der Waals surface area contributed by atoms with Crippen molar-refractivity contribution in [1.82, 2.24) is 5.32 Å². The molecule has 1 aliphatic carbocycles. The van der Waals surface area contributed by atoms with E-state index < -0.39 is 0 Å². The number of carbonyl (C=O) groups is 1. The van der Waals surface area contributed by atoms with Crippen molar-refractivity contribution >= 4 is 62.2 Å². The second-order valence-corrected chi connectivity index (χ2v) is 10.8. The van der Waals surface area contributed by atoms with Gasteiger partial charge in [-0.15, -0.1) is 11.3 Å². The van der Waals surface area contributed by atoms with Crippen molar-refractivity contribution in [3.05, 3.63) is 49.4 Å². The van der Waals surface area contributed by atoms with E-state index in [0.717, 1.165) is 33.4 Å². The Morgan fingerprint density at radius 2 is 2.14 bits per heavy atom. The zero-order valence-electron chi connectivity index (χ0n) is 16.1. The third-order valence-electron chi connectivity index (χ3n) is 5.14. The van der Waals surface area contributed by atoms with E-state index in [2.05, 4.69) is 60.1 Å². The van der Waals surface area contributed by atoms with Crippen LogP contribution >= 0.6 is 46.1 Å². The number of thiocarbonyl (C=S) groups is 1. The molecular weight excluding hydrogens is 501 g/mol. The first-order valence-corrected chi connectivity index (χ1v) is 11.4. The van der Waals surface area contributed by atoms with Gasteiger partial charge in [-0.2, -0.15) is 5.26 Å². The van der Waals surface area contributed by atoms with E-state index in [1.165, 1.54) is 4.88 Å². The number of nitriles is 1. The van der Waals surface area contributed by atoms with Crippen molar-refractivity contribution in [2.45, 2.75) is 40.0 Å². The van der Waals surface area contributed by atoms with Crippen molar-refractivity contribution in [3.8, 4) is 6.07 Å². The fraction of sp³-hybridized carbons (Fsp3) is 0.381. The average Bonchev–Trinajstić information content (AvgIpc) is 2.96. The van der Waals surface area contributed by atoms with Gasteiger partial charge in [0.2, 0.25) is 0 Å². The van der Waals surface area contributed by atoms with Gasteiger partial charge in [0.05, 0.1) is 5.56 Å². The SMILES string of the molecule is CC(C)(C)[C@@H]1CCc2c(sc(NC(=S)NC(=O)c3cccc(I)c3)c2C#N)C1. The Balaban J connectivity index is 1.74. The summed E-state index contributed by atoms with van der Waals surface area (Å²) in [6.07, 6.45) is 3.00. The summed E-state index contributed by atoms with van der Waals surface area (Å²) in [4.78, 5) is 13.7. The minimum atomic E-state index is -0.261. The second kappa shape index (κ2) is 8.47. The normalized spacial score (nSPS) is 16.0. The molecule has 0 saturated heterocycles. The maximum atomic E-state index is 12.4. The first kappa shape index (κ1) is 21.2. The molecular formula is C21H22IN3OS2. The molecule has 0 saturated carbocycles. The number of nitrogens with one attached hydrogen (secondary N) is 2. The molecule has 1 atom stereocenters. The average molecular weight is 523 g/mol.